The van der Waals surface area contributed by atoms with Crippen molar-refractivity contribution in [1.82, 2.24) is 5.32 Å². The normalized spacial score (nSPS) is 12.7. The minimum Gasteiger partial charge on any atom is -0.306 e. The fraction of sp³-hybridized carbons (Fsp3) is 0.333. The van der Waals surface area contributed by atoms with Crippen LogP contribution in [-0.2, 0) is 0 Å². The molecule has 1 heterocycles. The van der Waals surface area contributed by atoms with E-state index in [2.05, 4.69) is 30.4 Å². The molecular formula is C15H17Cl2NS. The zero-order chi connectivity index (χ0) is 14.0. The highest BCUT2D eigenvalue weighted by molar-refractivity contribution is 7.16. The minimum absolute atomic E-state index is 0.178. The van der Waals surface area contributed by atoms with Gasteiger partial charge in [-0.15, -0.1) is 11.3 Å². The average Bonchev–Trinajstić information content (AvgIpc) is 2.70. The monoisotopic (exact) mass is 313 g/mol. The molecule has 0 saturated heterocycles. The third kappa shape index (κ3) is 3.32. The quantitative estimate of drug-likeness (QED) is 0.800. The maximum Gasteiger partial charge on any atom is 0.0961 e. The van der Waals surface area contributed by atoms with Crippen LogP contribution in [0.3, 0.4) is 0 Å². The van der Waals surface area contributed by atoms with Gasteiger partial charge >= 0.3 is 0 Å². The molecule has 1 unspecified atom stereocenters. The number of aryl methyl sites for hydroxylation is 2. The first-order valence-corrected chi connectivity index (χ1v) is 7.85. The van der Waals surface area contributed by atoms with Crippen LogP contribution in [-0.4, -0.2) is 6.54 Å². The Morgan fingerprint density at radius 3 is 2.42 bits per heavy atom. The Labute approximate surface area is 128 Å². The SMILES string of the molecule is CCNC(c1ccc(Cl)c(C)c1)c1cc(C)c(Cl)s1. The van der Waals surface area contributed by atoms with Crippen molar-refractivity contribution in [2.24, 2.45) is 0 Å². The van der Waals surface area contributed by atoms with Gasteiger partial charge < -0.3 is 5.32 Å². The van der Waals surface area contributed by atoms with Gasteiger partial charge in [0.25, 0.3) is 0 Å². The summed E-state index contributed by atoms with van der Waals surface area (Å²) in [4.78, 5) is 1.24. The fourth-order valence-electron chi connectivity index (χ4n) is 2.06. The molecule has 19 heavy (non-hydrogen) atoms. The number of hydrogen-bond donors (Lipinski definition) is 1. The van der Waals surface area contributed by atoms with Crippen LogP contribution in [0.4, 0.5) is 0 Å². The highest BCUT2D eigenvalue weighted by atomic mass is 35.5. The zero-order valence-corrected chi connectivity index (χ0v) is 13.6. The van der Waals surface area contributed by atoms with Gasteiger partial charge in [0, 0.05) is 9.90 Å². The number of hydrogen-bond acceptors (Lipinski definition) is 2. The molecule has 1 aromatic heterocycles. The molecule has 1 N–H and O–H groups in total. The summed E-state index contributed by atoms with van der Waals surface area (Å²) < 4.78 is 0.864. The average molecular weight is 314 g/mol. The van der Waals surface area contributed by atoms with Crippen molar-refractivity contribution in [2.75, 3.05) is 6.54 Å². The van der Waals surface area contributed by atoms with Crippen molar-refractivity contribution in [1.29, 1.82) is 0 Å². The van der Waals surface area contributed by atoms with E-state index in [1.807, 2.05) is 19.9 Å². The standard InChI is InChI=1S/C15H17Cl2NS/c1-4-18-14(13-8-10(3)15(17)19-13)11-5-6-12(16)9(2)7-11/h5-8,14,18H,4H2,1-3H3. The summed E-state index contributed by atoms with van der Waals surface area (Å²) in [5.41, 5.74) is 3.46. The van der Waals surface area contributed by atoms with Crippen molar-refractivity contribution in [3.8, 4) is 0 Å². The van der Waals surface area contributed by atoms with E-state index < -0.39 is 0 Å². The van der Waals surface area contributed by atoms with Crippen LogP contribution in [0.1, 0.15) is 34.5 Å². The zero-order valence-electron chi connectivity index (χ0n) is 11.3. The van der Waals surface area contributed by atoms with Crippen LogP contribution < -0.4 is 5.32 Å². The van der Waals surface area contributed by atoms with Gasteiger partial charge in [-0.2, -0.15) is 0 Å². The Balaban J connectivity index is 2.41. The van der Waals surface area contributed by atoms with Gasteiger partial charge in [-0.25, -0.2) is 0 Å². The van der Waals surface area contributed by atoms with E-state index in [9.17, 15) is 0 Å². The predicted octanol–water partition coefficient (Wildman–Crippen LogP) is 5.37. The first-order chi connectivity index (χ1) is 9.02. The molecule has 2 rings (SSSR count). The second kappa shape index (κ2) is 6.27. The molecule has 0 spiro atoms. The summed E-state index contributed by atoms with van der Waals surface area (Å²) in [5, 5.41) is 4.32. The van der Waals surface area contributed by atoms with Gasteiger partial charge in [-0.3, -0.25) is 0 Å². The van der Waals surface area contributed by atoms with Crippen molar-refractivity contribution in [2.45, 2.75) is 26.8 Å². The van der Waals surface area contributed by atoms with E-state index in [1.165, 1.54) is 10.4 Å². The molecule has 0 fully saturated rings. The molecule has 0 amide bonds. The lowest BCUT2D eigenvalue weighted by Gasteiger charge is -2.17. The summed E-state index contributed by atoms with van der Waals surface area (Å²) in [6.45, 7) is 7.08. The highest BCUT2D eigenvalue weighted by Gasteiger charge is 2.17. The summed E-state index contributed by atoms with van der Waals surface area (Å²) >= 11 is 13.9. The largest absolute Gasteiger partial charge is 0.306 e. The third-order valence-electron chi connectivity index (χ3n) is 3.08. The molecule has 2 aromatic rings. The number of nitrogens with one attached hydrogen (secondary N) is 1. The topological polar surface area (TPSA) is 12.0 Å². The van der Waals surface area contributed by atoms with Gasteiger partial charge in [-0.05, 0) is 49.2 Å². The lowest BCUT2D eigenvalue weighted by Crippen LogP contribution is -2.21. The number of halogens is 2. The molecule has 4 heteroatoms. The van der Waals surface area contributed by atoms with Crippen LogP contribution >= 0.6 is 34.5 Å². The molecule has 102 valence electrons. The van der Waals surface area contributed by atoms with Crippen molar-refractivity contribution >= 4 is 34.5 Å². The van der Waals surface area contributed by atoms with Crippen molar-refractivity contribution < 1.29 is 0 Å². The maximum absolute atomic E-state index is 6.19. The van der Waals surface area contributed by atoms with Crippen LogP contribution in [0.15, 0.2) is 24.3 Å². The summed E-state index contributed by atoms with van der Waals surface area (Å²) in [7, 11) is 0. The molecule has 1 nitrogen and oxygen atoms in total. The van der Waals surface area contributed by atoms with E-state index in [1.54, 1.807) is 11.3 Å². The summed E-state index contributed by atoms with van der Waals surface area (Å²) in [6.07, 6.45) is 0. The Hall–Kier alpha value is -0.540. The first-order valence-electron chi connectivity index (χ1n) is 6.28. The van der Waals surface area contributed by atoms with Gasteiger partial charge in [0.05, 0.1) is 10.4 Å². The van der Waals surface area contributed by atoms with Gasteiger partial charge in [0.1, 0.15) is 0 Å². The second-order valence-corrected chi connectivity index (χ2v) is 6.70. The van der Waals surface area contributed by atoms with E-state index in [0.29, 0.717) is 0 Å². The number of rotatable bonds is 4. The molecule has 1 aromatic carbocycles. The van der Waals surface area contributed by atoms with Gasteiger partial charge in [0.2, 0.25) is 0 Å². The van der Waals surface area contributed by atoms with Crippen LogP contribution in [0.25, 0.3) is 0 Å². The van der Waals surface area contributed by atoms with Gasteiger partial charge in [0.15, 0.2) is 0 Å². The molecule has 1 atom stereocenters. The summed E-state index contributed by atoms with van der Waals surface area (Å²) in [6, 6.07) is 8.50. The lowest BCUT2D eigenvalue weighted by atomic mass is 10.0. The van der Waals surface area contributed by atoms with Crippen molar-refractivity contribution in [3.63, 3.8) is 0 Å². The fourth-order valence-corrected chi connectivity index (χ4v) is 3.50. The Bertz CT molecular complexity index is 558. The Kier molecular flexibility index (Phi) is 4.91. The Morgan fingerprint density at radius 2 is 1.89 bits per heavy atom. The molecule has 0 aliphatic carbocycles. The first kappa shape index (κ1) is 14.9. The molecule has 0 aliphatic heterocycles. The smallest absolute Gasteiger partial charge is 0.0961 e. The molecule has 0 radical (unpaired) electrons. The van der Waals surface area contributed by atoms with Crippen LogP contribution in [0.2, 0.25) is 9.36 Å². The molecular weight excluding hydrogens is 297 g/mol. The third-order valence-corrected chi connectivity index (χ3v) is 5.13. The van der Waals surface area contributed by atoms with Crippen LogP contribution in [0.5, 0.6) is 0 Å². The van der Waals surface area contributed by atoms with E-state index in [4.69, 9.17) is 23.2 Å². The highest BCUT2D eigenvalue weighted by Crippen LogP contribution is 2.34. The van der Waals surface area contributed by atoms with E-state index >= 15 is 0 Å². The number of benzene rings is 1. The Morgan fingerprint density at radius 1 is 1.16 bits per heavy atom. The molecule has 0 aliphatic rings. The lowest BCUT2D eigenvalue weighted by molar-refractivity contribution is 0.639. The second-order valence-electron chi connectivity index (χ2n) is 4.60. The molecule has 0 bridgehead atoms. The van der Waals surface area contributed by atoms with Crippen LogP contribution in [0, 0.1) is 13.8 Å². The van der Waals surface area contributed by atoms with Crippen molar-refractivity contribution in [3.05, 3.63) is 55.2 Å². The van der Waals surface area contributed by atoms with Gasteiger partial charge in [-0.1, -0.05) is 42.3 Å². The van der Waals surface area contributed by atoms with E-state index in [-0.39, 0.29) is 6.04 Å². The minimum atomic E-state index is 0.178. The van der Waals surface area contributed by atoms with E-state index in [0.717, 1.165) is 27.0 Å². The number of thiophene rings is 1. The predicted molar refractivity (Wildman–Crippen MR) is 85.8 cm³/mol. The molecule has 0 saturated carbocycles. The maximum atomic E-state index is 6.19. The summed E-state index contributed by atoms with van der Waals surface area (Å²) in [5.74, 6) is 0.